The van der Waals surface area contributed by atoms with Gasteiger partial charge in [-0.2, -0.15) is 0 Å². The van der Waals surface area contributed by atoms with Gasteiger partial charge in [-0.15, -0.1) is 0 Å². The van der Waals surface area contributed by atoms with Gasteiger partial charge in [0.2, 0.25) is 0 Å². The van der Waals surface area contributed by atoms with Crippen LogP contribution in [0.1, 0.15) is 37.5 Å². The first-order valence-corrected chi connectivity index (χ1v) is 6.03. The maximum absolute atomic E-state index is 4.67. The molecule has 0 unspecified atom stereocenters. The van der Waals surface area contributed by atoms with E-state index in [2.05, 4.69) is 41.8 Å². The summed E-state index contributed by atoms with van der Waals surface area (Å²) in [7, 11) is 2.16. The summed E-state index contributed by atoms with van der Waals surface area (Å²) >= 11 is 0. The van der Waals surface area contributed by atoms with Crippen molar-refractivity contribution in [2.24, 2.45) is 0 Å². The summed E-state index contributed by atoms with van der Waals surface area (Å²) in [6.45, 7) is 6.43. The van der Waals surface area contributed by atoms with E-state index in [4.69, 9.17) is 0 Å². The number of hydrogen-bond donors (Lipinski definition) is 1. The standard InChI is InChI=1S/C13H21N3/c1-10(2)5-4-6-13-14-11-7-8-16(3)9-12(11)15-13/h5H,4,6-9H2,1-3H3,(H,14,15). The number of nitrogens with zero attached hydrogens (tertiary/aromatic N) is 2. The summed E-state index contributed by atoms with van der Waals surface area (Å²) in [5.74, 6) is 1.15. The highest BCUT2D eigenvalue weighted by Crippen LogP contribution is 2.16. The Balaban J connectivity index is 1.99. The van der Waals surface area contributed by atoms with Crippen LogP contribution in [0.25, 0.3) is 0 Å². The molecular formula is C13H21N3. The number of aromatic amines is 1. The second-order valence-corrected chi connectivity index (χ2v) is 4.92. The lowest BCUT2D eigenvalue weighted by Crippen LogP contribution is -2.26. The molecule has 0 atom stereocenters. The van der Waals surface area contributed by atoms with Gasteiger partial charge < -0.3 is 9.88 Å². The quantitative estimate of drug-likeness (QED) is 0.791. The van der Waals surface area contributed by atoms with E-state index >= 15 is 0 Å². The van der Waals surface area contributed by atoms with E-state index in [1.807, 2.05) is 0 Å². The minimum Gasteiger partial charge on any atom is -0.345 e. The van der Waals surface area contributed by atoms with Gasteiger partial charge in [0.05, 0.1) is 11.4 Å². The van der Waals surface area contributed by atoms with E-state index in [1.54, 1.807) is 0 Å². The van der Waals surface area contributed by atoms with Gasteiger partial charge in [-0.05, 0) is 27.3 Å². The predicted octanol–water partition coefficient (Wildman–Crippen LogP) is 2.30. The highest BCUT2D eigenvalue weighted by atomic mass is 15.1. The topological polar surface area (TPSA) is 31.9 Å². The smallest absolute Gasteiger partial charge is 0.106 e. The maximum atomic E-state index is 4.67. The third-order valence-electron chi connectivity index (χ3n) is 3.01. The molecule has 1 N–H and O–H groups in total. The molecule has 1 aliphatic heterocycles. The van der Waals surface area contributed by atoms with E-state index in [-0.39, 0.29) is 0 Å². The number of likely N-dealkylation sites (N-methyl/N-ethyl adjacent to an activating group) is 1. The Morgan fingerprint density at radius 3 is 3.06 bits per heavy atom. The van der Waals surface area contributed by atoms with Gasteiger partial charge in [-0.1, -0.05) is 11.6 Å². The van der Waals surface area contributed by atoms with E-state index in [0.717, 1.165) is 38.2 Å². The van der Waals surface area contributed by atoms with Crippen molar-refractivity contribution in [2.45, 2.75) is 39.7 Å². The van der Waals surface area contributed by atoms with E-state index < -0.39 is 0 Å². The highest BCUT2D eigenvalue weighted by Gasteiger charge is 2.16. The van der Waals surface area contributed by atoms with Crippen molar-refractivity contribution in [3.63, 3.8) is 0 Å². The van der Waals surface area contributed by atoms with Crippen molar-refractivity contribution in [3.05, 3.63) is 28.9 Å². The molecule has 0 spiro atoms. The van der Waals surface area contributed by atoms with Crippen LogP contribution < -0.4 is 0 Å². The third kappa shape index (κ3) is 2.73. The van der Waals surface area contributed by atoms with Crippen molar-refractivity contribution < 1.29 is 0 Å². The van der Waals surface area contributed by atoms with Crippen LogP contribution >= 0.6 is 0 Å². The molecule has 88 valence electrons. The molecule has 0 radical (unpaired) electrons. The molecule has 2 rings (SSSR count). The van der Waals surface area contributed by atoms with Gasteiger partial charge in [0.15, 0.2) is 0 Å². The Hall–Kier alpha value is -1.09. The summed E-state index contributed by atoms with van der Waals surface area (Å²) in [5.41, 5.74) is 3.99. The molecule has 1 aliphatic rings. The van der Waals surface area contributed by atoms with Crippen molar-refractivity contribution in [1.82, 2.24) is 14.9 Å². The molecule has 3 heteroatoms. The number of rotatable bonds is 3. The van der Waals surface area contributed by atoms with Gasteiger partial charge in [-0.3, -0.25) is 0 Å². The fourth-order valence-corrected chi connectivity index (χ4v) is 2.10. The molecule has 2 heterocycles. The summed E-state index contributed by atoms with van der Waals surface area (Å²) in [6.07, 6.45) is 5.48. The number of H-pyrrole nitrogens is 1. The number of hydrogen-bond acceptors (Lipinski definition) is 2. The Labute approximate surface area is 97.6 Å². The van der Waals surface area contributed by atoms with Gasteiger partial charge in [-0.25, -0.2) is 4.98 Å². The third-order valence-corrected chi connectivity index (χ3v) is 3.01. The monoisotopic (exact) mass is 219 g/mol. The number of aryl methyl sites for hydroxylation is 1. The molecule has 3 nitrogen and oxygen atoms in total. The molecular weight excluding hydrogens is 198 g/mol. The first kappa shape index (κ1) is 11.4. The molecule has 0 fully saturated rings. The van der Waals surface area contributed by atoms with Crippen molar-refractivity contribution in [2.75, 3.05) is 13.6 Å². The lowest BCUT2D eigenvalue weighted by atomic mass is 10.2. The molecule has 0 aromatic carbocycles. The molecule has 1 aromatic rings. The van der Waals surface area contributed by atoms with Crippen LogP contribution in [0.5, 0.6) is 0 Å². The first-order chi connectivity index (χ1) is 7.65. The van der Waals surface area contributed by atoms with Crippen molar-refractivity contribution >= 4 is 0 Å². The van der Waals surface area contributed by atoms with E-state index in [1.165, 1.54) is 17.0 Å². The van der Waals surface area contributed by atoms with Crippen LogP contribution in [0, 0.1) is 0 Å². The van der Waals surface area contributed by atoms with Crippen LogP contribution in [-0.4, -0.2) is 28.5 Å². The van der Waals surface area contributed by atoms with Crippen LogP contribution in [0.15, 0.2) is 11.6 Å². The normalized spacial score (nSPS) is 15.9. The van der Waals surface area contributed by atoms with Crippen LogP contribution in [0.2, 0.25) is 0 Å². The Morgan fingerprint density at radius 1 is 1.50 bits per heavy atom. The molecule has 0 saturated heterocycles. The van der Waals surface area contributed by atoms with Gasteiger partial charge >= 0.3 is 0 Å². The first-order valence-electron chi connectivity index (χ1n) is 6.03. The van der Waals surface area contributed by atoms with Gasteiger partial charge in [0, 0.05) is 25.9 Å². The maximum Gasteiger partial charge on any atom is 0.106 e. The fraction of sp³-hybridized carbons (Fsp3) is 0.615. The van der Waals surface area contributed by atoms with E-state index in [0.29, 0.717) is 0 Å². The molecule has 0 aliphatic carbocycles. The Morgan fingerprint density at radius 2 is 2.31 bits per heavy atom. The molecule has 0 amide bonds. The average Bonchev–Trinajstić information content (AvgIpc) is 2.58. The molecule has 0 bridgehead atoms. The van der Waals surface area contributed by atoms with Gasteiger partial charge in [0.25, 0.3) is 0 Å². The fourth-order valence-electron chi connectivity index (χ4n) is 2.10. The summed E-state index contributed by atoms with van der Waals surface area (Å²) in [6, 6.07) is 0. The average molecular weight is 219 g/mol. The minimum atomic E-state index is 1.02. The Bertz CT molecular complexity index is 386. The number of nitrogens with one attached hydrogen (secondary N) is 1. The number of imidazole rings is 1. The predicted molar refractivity (Wildman–Crippen MR) is 66.4 cm³/mol. The zero-order valence-electron chi connectivity index (χ0n) is 10.5. The minimum absolute atomic E-state index is 1.02. The summed E-state index contributed by atoms with van der Waals surface area (Å²) in [5, 5.41) is 0. The zero-order chi connectivity index (χ0) is 11.5. The summed E-state index contributed by atoms with van der Waals surface area (Å²) in [4.78, 5) is 10.5. The van der Waals surface area contributed by atoms with Crippen LogP contribution in [-0.2, 0) is 19.4 Å². The number of fused-ring (bicyclic) bond motifs is 1. The zero-order valence-corrected chi connectivity index (χ0v) is 10.5. The largest absolute Gasteiger partial charge is 0.345 e. The molecule has 0 saturated carbocycles. The Kier molecular flexibility index (Phi) is 3.44. The van der Waals surface area contributed by atoms with Crippen LogP contribution in [0.3, 0.4) is 0 Å². The molecule has 1 aromatic heterocycles. The second kappa shape index (κ2) is 4.83. The van der Waals surface area contributed by atoms with Crippen LogP contribution in [0.4, 0.5) is 0 Å². The summed E-state index contributed by atoms with van der Waals surface area (Å²) < 4.78 is 0. The van der Waals surface area contributed by atoms with Gasteiger partial charge in [0.1, 0.15) is 5.82 Å². The highest BCUT2D eigenvalue weighted by molar-refractivity contribution is 5.18. The second-order valence-electron chi connectivity index (χ2n) is 4.92. The van der Waals surface area contributed by atoms with E-state index in [9.17, 15) is 0 Å². The van der Waals surface area contributed by atoms with Crippen molar-refractivity contribution in [3.8, 4) is 0 Å². The SMILES string of the molecule is CC(C)=CCCc1nc2c([nH]1)CN(C)CC2. The lowest BCUT2D eigenvalue weighted by molar-refractivity contribution is 0.307. The van der Waals surface area contributed by atoms with Crippen molar-refractivity contribution in [1.29, 1.82) is 0 Å². The number of allylic oxidation sites excluding steroid dienone is 2. The molecule has 16 heavy (non-hydrogen) atoms. The lowest BCUT2D eigenvalue weighted by Gasteiger charge is -2.20. The number of aromatic nitrogens is 2.